The molecule has 0 aliphatic carbocycles. The van der Waals surface area contributed by atoms with Gasteiger partial charge in [0.15, 0.2) is 0 Å². The molecule has 86 valence electrons. The Hall–Kier alpha value is -0.520. The number of anilines is 1. The van der Waals surface area contributed by atoms with Crippen LogP contribution in [0.4, 0.5) is 5.82 Å². The predicted octanol–water partition coefficient (Wildman–Crippen LogP) is 1.29. The number of nitrogens with one attached hydrogen (secondary N) is 1. The number of hydrogen-bond acceptors (Lipinski definition) is 5. The molecule has 4 nitrogen and oxygen atoms in total. The lowest BCUT2D eigenvalue weighted by molar-refractivity contribution is 0.754. The molecule has 1 aromatic heterocycles. The second-order valence-corrected chi connectivity index (χ2v) is 5.51. The zero-order valence-electron chi connectivity index (χ0n) is 8.87. The zero-order valence-corrected chi connectivity index (χ0v) is 10.4. The summed E-state index contributed by atoms with van der Waals surface area (Å²) in [5.74, 6) is 3.38. The predicted molar refractivity (Wildman–Crippen MR) is 67.1 cm³/mol. The van der Waals surface area contributed by atoms with Crippen LogP contribution >= 0.6 is 23.4 Å². The van der Waals surface area contributed by atoms with E-state index < -0.39 is 0 Å². The molecule has 0 atom stereocenters. The maximum Gasteiger partial charge on any atom is 0.224 e. The van der Waals surface area contributed by atoms with Crippen LogP contribution in [-0.2, 0) is 13.1 Å². The Morgan fingerprint density at radius 2 is 2.00 bits per heavy atom. The number of nitrogens with zero attached hydrogens (tertiary/aromatic N) is 3. The van der Waals surface area contributed by atoms with Gasteiger partial charge in [0.05, 0.1) is 5.69 Å². The molecular weight excluding hydrogens is 244 g/mol. The van der Waals surface area contributed by atoms with Crippen molar-refractivity contribution in [2.24, 2.45) is 0 Å². The van der Waals surface area contributed by atoms with Crippen LogP contribution < -0.4 is 10.2 Å². The number of aromatic nitrogens is 2. The van der Waals surface area contributed by atoms with Gasteiger partial charge in [0, 0.05) is 43.2 Å². The molecule has 1 aromatic rings. The summed E-state index contributed by atoms with van der Waals surface area (Å²) in [5.41, 5.74) is 2.30. The first-order chi connectivity index (χ1) is 7.84. The summed E-state index contributed by atoms with van der Waals surface area (Å²) in [4.78, 5) is 11.0. The van der Waals surface area contributed by atoms with E-state index in [-0.39, 0.29) is 0 Å². The second-order valence-electron chi connectivity index (χ2n) is 3.94. The van der Waals surface area contributed by atoms with Gasteiger partial charge in [-0.25, -0.2) is 9.97 Å². The molecule has 0 radical (unpaired) electrons. The van der Waals surface area contributed by atoms with E-state index in [1.54, 1.807) is 0 Å². The minimum Gasteiger partial charge on any atom is -0.355 e. The average molecular weight is 257 g/mol. The molecule has 1 saturated heterocycles. The summed E-state index contributed by atoms with van der Waals surface area (Å²) in [6.45, 7) is 3.80. The van der Waals surface area contributed by atoms with Crippen LogP contribution in [0.3, 0.4) is 0 Å². The molecule has 0 saturated carbocycles. The Morgan fingerprint density at radius 1 is 1.19 bits per heavy atom. The fourth-order valence-corrected chi connectivity index (χ4v) is 3.24. The smallest absolute Gasteiger partial charge is 0.224 e. The van der Waals surface area contributed by atoms with E-state index in [0.717, 1.165) is 37.7 Å². The van der Waals surface area contributed by atoms with Gasteiger partial charge in [0.25, 0.3) is 0 Å². The number of halogens is 1. The largest absolute Gasteiger partial charge is 0.355 e. The second kappa shape index (κ2) is 4.39. The van der Waals surface area contributed by atoms with E-state index >= 15 is 0 Å². The summed E-state index contributed by atoms with van der Waals surface area (Å²) >= 11 is 7.96. The Bertz CT molecular complexity index is 406. The molecule has 6 heteroatoms. The standard InChI is InChI=1S/C10H13ClN4S/c11-10-13-8-6-12-5-7(8)9(14-10)15-1-3-16-4-2-15/h12H,1-6H2. The van der Waals surface area contributed by atoms with Crippen LogP contribution in [0.15, 0.2) is 0 Å². The van der Waals surface area contributed by atoms with Crippen LogP contribution in [0.2, 0.25) is 5.28 Å². The fourth-order valence-electron chi connectivity index (χ4n) is 2.16. The van der Waals surface area contributed by atoms with Crippen molar-refractivity contribution in [1.29, 1.82) is 0 Å². The third-order valence-electron chi connectivity index (χ3n) is 2.95. The summed E-state index contributed by atoms with van der Waals surface area (Å²) in [6, 6.07) is 0. The highest BCUT2D eigenvalue weighted by atomic mass is 35.5. The van der Waals surface area contributed by atoms with Gasteiger partial charge in [-0.15, -0.1) is 0 Å². The normalized spacial score (nSPS) is 19.9. The lowest BCUT2D eigenvalue weighted by Gasteiger charge is -2.28. The molecule has 0 amide bonds. The third-order valence-corrected chi connectivity index (χ3v) is 4.06. The average Bonchev–Trinajstić information content (AvgIpc) is 2.77. The first kappa shape index (κ1) is 10.6. The van der Waals surface area contributed by atoms with Crippen molar-refractivity contribution >= 4 is 29.2 Å². The molecule has 1 fully saturated rings. The Balaban J connectivity index is 1.99. The van der Waals surface area contributed by atoms with Gasteiger partial charge in [-0.1, -0.05) is 0 Å². The van der Waals surface area contributed by atoms with Crippen LogP contribution in [-0.4, -0.2) is 34.6 Å². The van der Waals surface area contributed by atoms with Gasteiger partial charge in [-0.3, -0.25) is 0 Å². The van der Waals surface area contributed by atoms with Gasteiger partial charge >= 0.3 is 0 Å². The van der Waals surface area contributed by atoms with Crippen LogP contribution in [0.1, 0.15) is 11.3 Å². The maximum atomic E-state index is 5.97. The molecule has 2 aliphatic heterocycles. The highest BCUT2D eigenvalue weighted by molar-refractivity contribution is 7.99. The summed E-state index contributed by atoms with van der Waals surface area (Å²) < 4.78 is 0. The molecular formula is C10H13ClN4S. The van der Waals surface area contributed by atoms with E-state index in [2.05, 4.69) is 20.2 Å². The molecule has 0 unspecified atom stereocenters. The van der Waals surface area contributed by atoms with Crippen molar-refractivity contribution in [2.45, 2.75) is 13.1 Å². The minimum atomic E-state index is 0.371. The fraction of sp³-hybridized carbons (Fsp3) is 0.600. The van der Waals surface area contributed by atoms with Crippen LogP contribution in [0, 0.1) is 0 Å². The van der Waals surface area contributed by atoms with E-state index in [0.29, 0.717) is 5.28 Å². The first-order valence-electron chi connectivity index (χ1n) is 5.43. The van der Waals surface area contributed by atoms with E-state index in [4.69, 9.17) is 11.6 Å². The van der Waals surface area contributed by atoms with Gasteiger partial charge in [-0.05, 0) is 11.6 Å². The van der Waals surface area contributed by atoms with Crippen molar-refractivity contribution in [3.63, 3.8) is 0 Å². The Morgan fingerprint density at radius 3 is 2.81 bits per heavy atom. The molecule has 1 N–H and O–H groups in total. The quantitative estimate of drug-likeness (QED) is 0.767. The van der Waals surface area contributed by atoms with Gasteiger partial charge in [-0.2, -0.15) is 11.8 Å². The van der Waals surface area contributed by atoms with Gasteiger partial charge in [0.1, 0.15) is 5.82 Å². The number of hydrogen-bond donors (Lipinski definition) is 1. The van der Waals surface area contributed by atoms with E-state index in [1.165, 1.54) is 17.1 Å². The Labute approximate surface area is 104 Å². The Kier molecular flexibility index (Phi) is 2.91. The lowest BCUT2D eigenvalue weighted by atomic mass is 10.2. The molecule has 3 rings (SSSR count). The summed E-state index contributed by atoms with van der Waals surface area (Å²) in [5, 5.41) is 3.67. The van der Waals surface area contributed by atoms with Crippen molar-refractivity contribution in [3.8, 4) is 0 Å². The first-order valence-corrected chi connectivity index (χ1v) is 6.96. The molecule has 2 aliphatic rings. The number of thioether (sulfide) groups is 1. The molecule has 16 heavy (non-hydrogen) atoms. The maximum absolute atomic E-state index is 5.97. The van der Waals surface area contributed by atoms with Crippen molar-refractivity contribution in [3.05, 3.63) is 16.5 Å². The van der Waals surface area contributed by atoms with E-state index in [1.807, 2.05) is 11.8 Å². The minimum absolute atomic E-state index is 0.371. The van der Waals surface area contributed by atoms with Gasteiger partial charge in [0.2, 0.25) is 5.28 Å². The number of rotatable bonds is 1. The lowest BCUT2D eigenvalue weighted by Crippen LogP contribution is -2.34. The molecule has 0 bridgehead atoms. The summed E-state index contributed by atoms with van der Waals surface area (Å²) in [7, 11) is 0. The monoisotopic (exact) mass is 256 g/mol. The van der Waals surface area contributed by atoms with E-state index in [9.17, 15) is 0 Å². The molecule has 0 spiro atoms. The zero-order chi connectivity index (χ0) is 11.0. The van der Waals surface area contributed by atoms with Gasteiger partial charge < -0.3 is 10.2 Å². The highest BCUT2D eigenvalue weighted by Crippen LogP contribution is 2.27. The summed E-state index contributed by atoms with van der Waals surface area (Å²) in [6.07, 6.45) is 0. The van der Waals surface area contributed by atoms with Crippen molar-refractivity contribution in [2.75, 3.05) is 29.5 Å². The van der Waals surface area contributed by atoms with Crippen LogP contribution in [0.5, 0.6) is 0 Å². The number of fused-ring (bicyclic) bond motifs is 1. The third kappa shape index (κ3) is 1.87. The highest BCUT2D eigenvalue weighted by Gasteiger charge is 2.23. The topological polar surface area (TPSA) is 41.1 Å². The SMILES string of the molecule is Clc1nc2c(c(N3CCSCC3)n1)CNC2. The molecule has 0 aromatic carbocycles. The van der Waals surface area contributed by atoms with Crippen molar-refractivity contribution < 1.29 is 0 Å². The van der Waals surface area contributed by atoms with Crippen molar-refractivity contribution in [1.82, 2.24) is 15.3 Å². The molecule has 3 heterocycles. The van der Waals surface area contributed by atoms with Crippen LogP contribution in [0.25, 0.3) is 0 Å².